The Balaban J connectivity index is 2.04. The molecule has 0 aliphatic rings. The topological polar surface area (TPSA) is 106 Å². The van der Waals surface area contributed by atoms with Crippen molar-refractivity contribution in [3.8, 4) is 0 Å². The minimum Gasteiger partial charge on any atom is -0.456 e. The second-order valence-corrected chi connectivity index (χ2v) is 9.80. The SMILES string of the molecule is CC(C)CC(NC(=O)c1ccc(Cl)cc1)C(=O)OCc1ccc(S(=O)(=O)N(C)C)o1. The zero-order valence-electron chi connectivity index (χ0n) is 17.2. The largest absolute Gasteiger partial charge is 0.456 e. The van der Waals surface area contributed by atoms with Crippen LogP contribution in [0.3, 0.4) is 0 Å². The highest BCUT2D eigenvalue weighted by Crippen LogP contribution is 2.18. The van der Waals surface area contributed by atoms with E-state index in [1.165, 1.54) is 26.2 Å². The van der Waals surface area contributed by atoms with Crippen LogP contribution in [0, 0.1) is 5.92 Å². The number of rotatable bonds is 9. The summed E-state index contributed by atoms with van der Waals surface area (Å²) in [5, 5.41) is 2.93. The van der Waals surface area contributed by atoms with E-state index in [-0.39, 0.29) is 23.4 Å². The number of hydrogen-bond donors (Lipinski definition) is 1. The molecule has 1 N–H and O–H groups in total. The van der Waals surface area contributed by atoms with Gasteiger partial charge in [0.1, 0.15) is 18.4 Å². The Morgan fingerprint density at radius 1 is 1.13 bits per heavy atom. The maximum atomic E-state index is 12.6. The van der Waals surface area contributed by atoms with Crippen LogP contribution in [0.1, 0.15) is 36.4 Å². The van der Waals surface area contributed by atoms with Crippen molar-refractivity contribution in [2.75, 3.05) is 14.1 Å². The molecule has 8 nitrogen and oxygen atoms in total. The second kappa shape index (κ2) is 10.1. The third-order valence-electron chi connectivity index (χ3n) is 4.13. The first-order chi connectivity index (χ1) is 14.0. The smallest absolute Gasteiger partial charge is 0.329 e. The number of carbonyl (C=O) groups is 2. The fourth-order valence-corrected chi connectivity index (χ4v) is 3.46. The highest BCUT2D eigenvalue weighted by atomic mass is 35.5. The van der Waals surface area contributed by atoms with Crippen LogP contribution < -0.4 is 5.32 Å². The van der Waals surface area contributed by atoms with Gasteiger partial charge in [0.25, 0.3) is 15.9 Å². The first-order valence-corrected chi connectivity index (χ1v) is 11.1. The number of nitrogens with zero attached hydrogens (tertiary/aromatic N) is 1. The third-order valence-corrected chi connectivity index (χ3v) is 6.07. The molecule has 1 atom stereocenters. The van der Waals surface area contributed by atoms with Crippen LogP contribution in [0.15, 0.2) is 45.9 Å². The Hall–Kier alpha value is -2.36. The number of ether oxygens (including phenoxy) is 1. The number of amides is 1. The Morgan fingerprint density at radius 3 is 2.33 bits per heavy atom. The Morgan fingerprint density at radius 2 is 1.77 bits per heavy atom. The number of furan rings is 1. The van der Waals surface area contributed by atoms with Gasteiger partial charge >= 0.3 is 5.97 Å². The van der Waals surface area contributed by atoms with Crippen molar-refractivity contribution >= 4 is 33.5 Å². The van der Waals surface area contributed by atoms with Gasteiger partial charge in [-0.05, 0) is 48.7 Å². The summed E-state index contributed by atoms with van der Waals surface area (Å²) < 4.78 is 35.7. The van der Waals surface area contributed by atoms with Crippen molar-refractivity contribution in [1.82, 2.24) is 9.62 Å². The predicted octanol–water partition coefficient (Wildman–Crippen LogP) is 3.07. The van der Waals surface area contributed by atoms with E-state index in [1.807, 2.05) is 13.8 Å². The predicted molar refractivity (Wildman–Crippen MR) is 112 cm³/mol. The first-order valence-electron chi connectivity index (χ1n) is 9.25. The zero-order valence-corrected chi connectivity index (χ0v) is 18.8. The van der Waals surface area contributed by atoms with E-state index in [2.05, 4.69) is 5.32 Å². The lowest BCUT2D eigenvalue weighted by Gasteiger charge is -2.19. The van der Waals surface area contributed by atoms with Crippen LogP contribution in [-0.4, -0.2) is 44.7 Å². The van der Waals surface area contributed by atoms with Crippen LogP contribution in [0.2, 0.25) is 5.02 Å². The van der Waals surface area contributed by atoms with Crippen LogP contribution in [0.5, 0.6) is 0 Å². The maximum absolute atomic E-state index is 12.6. The van der Waals surface area contributed by atoms with Gasteiger partial charge < -0.3 is 14.5 Å². The Labute approximate surface area is 181 Å². The van der Waals surface area contributed by atoms with Crippen molar-refractivity contribution in [2.45, 2.75) is 38.0 Å². The molecule has 30 heavy (non-hydrogen) atoms. The molecule has 1 heterocycles. The summed E-state index contributed by atoms with van der Waals surface area (Å²) >= 11 is 5.83. The van der Waals surface area contributed by atoms with E-state index in [4.69, 9.17) is 20.8 Å². The molecule has 1 aromatic heterocycles. The monoisotopic (exact) mass is 456 g/mol. The molecule has 0 radical (unpaired) electrons. The van der Waals surface area contributed by atoms with Crippen LogP contribution in [-0.2, 0) is 26.2 Å². The van der Waals surface area contributed by atoms with Crippen molar-refractivity contribution in [1.29, 1.82) is 0 Å². The lowest BCUT2D eigenvalue weighted by atomic mass is 10.0. The van der Waals surface area contributed by atoms with E-state index in [9.17, 15) is 18.0 Å². The summed E-state index contributed by atoms with van der Waals surface area (Å²) in [4.78, 5) is 25.0. The lowest BCUT2D eigenvalue weighted by Crippen LogP contribution is -2.42. The van der Waals surface area contributed by atoms with Gasteiger partial charge in [0.2, 0.25) is 5.09 Å². The number of carbonyl (C=O) groups excluding carboxylic acids is 2. The molecule has 2 aromatic rings. The summed E-state index contributed by atoms with van der Waals surface area (Å²) in [6.07, 6.45) is 0.372. The molecule has 2 rings (SSSR count). The van der Waals surface area contributed by atoms with Gasteiger partial charge in [-0.15, -0.1) is 0 Å². The van der Waals surface area contributed by atoms with E-state index >= 15 is 0 Å². The number of sulfonamides is 1. The highest BCUT2D eigenvalue weighted by molar-refractivity contribution is 7.88. The molecule has 0 aliphatic carbocycles. The molecule has 0 saturated heterocycles. The standard InChI is InChI=1S/C20H25ClN2O6S/c1-13(2)11-17(22-19(24)14-5-7-15(21)8-6-14)20(25)28-12-16-9-10-18(29-16)30(26,27)23(3)4/h5-10,13,17H,11-12H2,1-4H3,(H,22,24). The fraction of sp³-hybridized carbons (Fsp3) is 0.400. The van der Waals surface area contributed by atoms with Gasteiger partial charge in [-0.2, -0.15) is 0 Å². The lowest BCUT2D eigenvalue weighted by molar-refractivity contribution is -0.148. The minimum absolute atomic E-state index is 0.119. The molecule has 1 amide bonds. The van der Waals surface area contributed by atoms with E-state index in [0.29, 0.717) is 17.0 Å². The van der Waals surface area contributed by atoms with Crippen molar-refractivity contribution in [3.05, 3.63) is 52.7 Å². The highest BCUT2D eigenvalue weighted by Gasteiger charge is 2.25. The molecule has 0 aliphatic heterocycles. The van der Waals surface area contributed by atoms with Gasteiger partial charge in [-0.25, -0.2) is 17.5 Å². The molecule has 164 valence electrons. The molecule has 10 heteroatoms. The van der Waals surface area contributed by atoms with Gasteiger partial charge in [0.15, 0.2) is 0 Å². The molecule has 0 saturated carbocycles. The quantitative estimate of drug-likeness (QED) is 0.581. The summed E-state index contributed by atoms with van der Waals surface area (Å²) in [5.41, 5.74) is 0.366. The average Bonchev–Trinajstić information content (AvgIpc) is 3.15. The third kappa shape index (κ3) is 6.32. The average molecular weight is 457 g/mol. The minimum atomic E-state index is -3.72. The Bertz CT molecular complexity index is 983. The van der Waals surface area contributed by atoms with Gasteiger partial charge in [-0.3, -0.25) is 4.79 Å². The number of halogens is 1. The normalized spacial score (nSPS) is 12.8. The van der Waals surface area contributed by atoms with Crippen LogP contribution in [0.4, 0.5) is 0 Å². The van der Waals surface area contributed by atoms with Gasteiger partial charge in [-0.1, -0.05) is 25.4 Å². The first kappa shape index (κ1) is 23.9. The number of benzene rings is 1. The Kier molecular flexibility index (Phi) is 8.05. The van der Waals surface area contributed by atoms with E-state index in [1.54, 1.807) is 24.3 Å². The van der Waals surface area contributed by atoms with Crippen LogP contribution >= 0.6 is 11.6 Å². The number of esters is 1. The molecule has 0 spiro atoms. The molecule has 0 bridgehead atoms. The summed E-state index contributed by atoms with van der Waals surface area (Å²) in [7, 11) is -0.944. The molecular weight excluding hydrogens is 432 g/mol. The van der Waals surface area contributed by atoms with Crippen molar-refractivity contribution < 1.29 is 27.2 Å². The number of nitrogens with one attached hydrogen (secondary N) is 1. The molecule has 1 unspecified atom stereocenters. The fourth-order valence-electron chi connectivity index (χ4n) is 2.53. The van der Waals surface area contributed by atoms with Crippen LogP contribution in [0.25, 0.3) is 0 Å². The zero-order chi connectivity index (χ0) is 22.5. The van der Waals surface area contributed by atoms with E-state index < -0.39 is 27.9 Å². The summed E-state index contributed by atoms with van der Waals surface area (Å²) in [5.74, 6) is -0.768. The maximum Gasteiger partial charge on any atom is 0.329 e. The summed E-state index contributed by atoms with van der Waals surface area (Å²) in [6.45, 7) is 3.58. The van der Waals surface area contributed by atoms with Gasteiger partial charge in [0.05, 0.1) is 0 Å². The van der Waals surface area contributed by atoms with Crippen molar-refractivity contribution in [3.63, 3.8) is 0 Å². The van der Waals surface area contributed by atoms with E-state index in [0.717, 1.165) is 4.31 Å². The molecule has 1 aromatic carbocycles. The van der Waals surface area contributed by atoms with Gasteiger partial charge in [0, 0.05) is 24.7 Å². The number of hydrogen-bond acceptors (Lipinski definition) is 6. The molecular formula is C20H25ClN2O6S. The molecule has 0 fully saturated rings. The van der Waals surface area contributed by atoms with Crippen molar-refractivity contribution in [2.24, 2.45) is 5.92 Å². The second-order valence-electron chi connectivity index (χ2n) is 7.28. The summed E-state index contributed by atoms with van der Waals surface area (Å²) in [6, 6.07) is 8.15.